The van der Waals surface area contributed by atoms with Crippen molar-refractivity contribution in [1.82, 2.24) is 0 Å². The summed E-state index contributed by atoms with van der Waals surface area (Å²) in [5.74, 6) is 0.890. The van der Waals surface area contributed by atoms with Gasteiger partial charge in [-0.1, -0.05) is 148 Å². The van der Waals surface area contributed by atoms with Crippen LogP contribution in [0.4, 0.5) is 0 Å². The standard InChI is InChI=1S/C51H96O11/c1-3-5-7-9-11-12-13-14-15-16-17-19-21-23-29-52-30-31-53-32-33-54-34-35-55-36-37-56-38-39-57-40-41-58-42-43-59-44-45-60-46-47-61-48-49-62-51-27-25-50(26-28-51)24-22-20-18-10-8-6-4-2/h25-28H,3-24,29-49H2,1-2H3. The summed E-state index contributed by atoms with van der Waals surface area (Å²) in [5, 5.41) is 0. The SMILES string of the molecule is CCCCCCCCCCCCCCCCOCCOCCOCCOCCOCCOCCOCCOCCOCCOCCOc1ccc(CCCCCCCCC)cc1. The zero-order chi connectivity index (χ0) is 44.2. The van der Waals surface area contributed by atoms with Crippen LogP contribution in [0.25, 0.3) is 0 Å². The molecule has 0 spiro atoms. The lowest BCUT2D eigenvalue weighted by Crippen LogP contribution is -2.15. The van der Waals surface area contributed by atoms with Crippen LogP contribution in [0.1, 0.15) is 154 Å². The molecular formula is C51H96O11. The Morgan fingerprint density at radius 1 is 0.242 bits per heavy atom. The fourth-order valence-corrected chi connectivity index (χ4v) is 6.74. The first kappa shape index (κ1) is 58.6. The highest BCUT2D eigenvalue weighted by atomic mass is 16.6. The molecule has 0 N–H and O–H groups in total. The predicted octanol–water partition coefficient (Wildman–Crippen LogP) is 11.0. The fraction of sp³-hybridized carbons (Fsp3) is 0.882. The van der Waals surface area contributed by atoms with E-state index in [4.69, 9.17) is 52.1 Å². The second-order valence-electron chi connectivity index (χ2n) is 16.1. The third-order valence-corrected chi connectivity index (χ3v) is 10.5. The van der Waals surface area contributed by atoms with Crippen LogP contribution < -0.4 is 4.74 Å². The van der Waals surface area contributed by atoms with Crippen LogP contribution in [-0.2, 0) is 53.8 Å². The molecule has 0 heterocycles. The van der Waals surface area contributed by atoms with Crippen LogP contribution in [0, 0.1) is 0 Å². The number of hydrogen-bond donors (Lipinski definition) is 0. The Morgan fingerprint density at radius 3 is 0.790 bits per heavy atom. The van der Waals surface area contributed by atoms with E-state index in [1.54, 1.807) is 0 Å². The molecule has 1 aromatic carbocycles. The van der Waals surface area contributed by atoms with Gasteiger partial charge in [-0.2, -0.15) is 0 Å². The monoisotopic (exact) mass is 885 g/mol. The molecule has 0 amide bonds. The minimum Gasteiger partial charge on any atom is -0.491 e. The highest BCUT2D eigenvalue weighted by molar-refractivity contribution is 5.27. The van der Waals surface area contributed by atoms with E-state index in [2.05, 4.69) is 38.1 Å². The second-order valence-corrected chi connectivity index (χ2v) is 16.1. The number of unbranched alkanes of at least 4 members (excludes halogenated alkanes) is 19. The molecule has 0 saturated carbocycles. The zero-order valence-electron chi connectivity index (χ0n) is 40.2. The molecule has 0 aliphatic carbocycles. The molecule has 0 saturated heterocycles. The maximum Gasteiger partial charge on any atom is 0.119 e. The van der Waals surface area contributed by atoms with Crippen molar-refractivity contribution >= 4 is 0 Å². The molecule has 0 bridgehead atoms. The number of ether oxygens (including phenoxy) is 11. The van der Waals surface area contributed by atoms with Gasteiger partial charge in [0.15, 0.2) is 0 Å². The largest absolute Gasteiger partial charge is 0.491 e. The van der Waals surface area contributed by atoms with Crippen LogP contribution in [0.15, 0.2) is 24.3 Å². The van der Waals surface area contributed by atoms with E-state index in [-0.39, 0.29) is 0 Å². The molecule has 1 rings (SSSR count). The maximum atomic E-state index is 5.80. The van der Waals surface area contributed by atoms with Gasteiger partial charge in [-0.25, -0.2) is 0 Å². The molecule has 1 aromatic rings. The normalized spacial score (nSPS) is 11.6. The molecule has 0 aromatic heterocycles. The Labute approximate surface area is 380 Å². The average Bonchev–Trinajstić information content (AvgIpc) is 3.29. The topological polar surface area (TPSA) is 102 Å². The summed E-state index contributed by atoms with van der Waals surface area (Å²) >= 11 is 0. The van der Waals surface area contributed by atoms with Crippen LogP contribution in [0.5, 0.6) is 5.75 Å². The lowest BCUT2D eigenvalue weighted by Gasteiger charge is -2.09. The summed E-state index contributed by atoms with van der Waals surface area (Å²) in [5.41, 5.74) is 1.38. The summed E-state index contributed by atoms with van der Waals surface area (Å²) < 4.78 is 61.6. The highest BCUT2D eigenvalue weighted by Crippen LogP contribution is 2.16. The van der Waals surface area contributed by atoms with Gasteiger partial charge in [-0.3, -0.25) is 0 Å². The summed E-state index contributed by atoms with van der Waals surface area (Å²) in [4.78, 5) is 0. The van der Waals surface area contributed by atoms with Crippen LogP contribution in [0.3, 0.4) is 0 Å². The Morgan fingerprint density at radius 2 is 0.484 bits per heavy atom. The van der Waals surface area contributed by atoms with Crippen molar-refractivity contribution in [2.24, 2.45) is 0 Å². The molecule has 0 fully saturated rings. The van der Waals surface area contributed by atoms with Gasteiger partial charge in [0.05, 0.1) is 126 Å². The Bertz CT molecular complexity index is 954. The third kappa shape index (κ3) is 46.6. The highest BCUT2D eigenvalue weighted by Gasteiger charge is 2.00. The van der Waals surface area contributed by atoms with Crippen LogP contribution in [0.2, 0.25) is 0 Å². The van der Waals surface area contributed by atoms with Gasteiger partial charge >= 0.3 is 0 Å². The summed E-state index contributed by atoms with van der Waals surface area (Å²) in [6, 6.07) is 8.47. The summed E-state index contributed by atoms with van der Waals surface area (Å²) in [6.45, 7) is 16.2. The van der Waals surface area contributed by atoms with Crippen molar-refractivity contribution in [3.63, 3.8) is 0 Å². The van der Waals surface area contributed by atoms with Crippen LogP contribution >= 0.6 is 0 Å². The number of aryl methyl sites for hydroxylation is 1. The number of rotatable bonds is 54. The average molecular weight is 885 g/mol. The van der Waals surface area contributed by atoms with Crippen molar-refractivity contribution in [1.29, 1.82) is 0 Å². The zero-order valence-corrected chi connectivity index (χ0v) is 40.2. The Balaban J connectivity index is 1.65. The van der Waals surface area contributed by atoms with Crippen molar-refractivity contribution in [2.45, 2.75) is 155 Å². The van der Waals surface area contributed by atoms with Gasteiger partial charge in [0.1, 0.15) is 12.4 Å². The molecule has 11 nitrogen and oxygen atoms in total. The molecule has 0 radical (unpaired) electrons. The number of hydrogen-bond acceptors (Lipinski definition) is 11. The second kappa shape index (κ2) is 52.2. The molecule has 366 valence electrons. The van der Waals surface area contributed by atoms with Gasteiger partial charge in [0, 0.05) is 6.61 Å². The fourth-order valence-electron chi connectivity index (χ4n) is 6.74. The van der Waals surface area contributed by atoms with Crippen molar-refractivity contribution in [2.75, 3.05) is 139 Å². The molecule has 0 atom stereocenters. The Hall–Kier alpha value is -1.38. The van der Waals surface area contributed by atoms with E-state index in [0.29, 0.717) is 132 Å². The van der Waals surface area contributed by atoms with Crippen molar-refractivity contribution in [3.05, 3.63) is 29.8 Å². The van der Waals surface area contributed by atoms with Gasteiger partial charge in [0.25, 0.3) is 0 Å². The lowest BCUT2D eigenvalue weighted by molar-refractivity contribution is -0.0267. The van der Waals surface area contributed by atoms with E-state index >= 15 is 0 Å². The lowest BCUT2D eigenvalue weighted by atomic mass is 10.0. The molecule has 62 heavy (non-hydrogen) atoms. The quantitative estimate of drug-likeness (QED) is 0.0585. The first-order valence-corrected chi connectivity index (χ1v) is 25.4. The first-order chi connectivity index (χ1) is 30.9. The van der Waals surface area contributed by atoms with Crippen molar-refractivity contribution in [3.8, 4) is 5.75 Å². The minimum atomic E-state index is 0.521. The molecule has 0 aliphatic heterocycles. The summed E-state index contributed by atoms with van der Waals surface area (Å²) in [7, 11) is 0. The smallest absolute Gasteiger partial charge is 0.119 e. The van der Waals surface area contributed by atoms with Gasteiger partial charge in [-0.05, 0) is 37.0 Å². The van der Waals surface area contributed by atoms with E-state index in [0.717, 1.165) is 25.2 Å². The molecule has 11 heteroatoms. The summed E-state index contributed by atoms with van der Waals surface area (Å²) in [6.07, 6.45) is 29.8. The molecule has 0 aliphatic rings. The van der Waals surface area contributed by atoms with Crippen LogP contribution in [-0.4, -0.2) is 139 Å². The van der Waals surface area contributed by atoms with Gasteiger partial charge < -0.3 is 52.1 Å². The minimum absolute atomic E-state index is 0.521. The van der Waals surface area contributed by atoms with E-state index in [1.165, 1.54) is 134 Å². The molecule has 0 unspecified atom stereocenters. The van der Waals surface area contributed by atoms with Crippen molar-refractivity contribution < 1.29 is 52.1 Å². The third-order valence-electron chi connectivity index (χ3n) is 10.5. The first-order valence-electron chi connectivity index (χ1n) is 25.4. The number of benzene rings is 1. The van der Waals surface area contributed by atoms with E-state index in [1.807, 2.05) is 0 Å². The van der Waals surface area contributed by atoms with Gasteiger partial charge in [-0.15, -0.1) is 0 Å². The van der Waals surface area contributed by atoms with Gasteiger partial charge in [0.2, 0.25) is 0 Å². The predicted molar refractivity (Wildman–Crippen MR) is 252 cm³/mol. The Kier molecular flexibility index (Phi) is 49.4. The maximum absolute atomic E-state index is 5.80. The van der Waals surface area contributed by atoms with E-state index < -0.39 is 0 Å². The molecular weight excluding hydrogens is 789 g/mol. The van der Waals surface area contributed by atoms with E-state index in [9.17, 15) is 0 Å².